The van der Waals surface area contributed by atoms with Crippen molar-refractivity contribution in [1.29, 1.82) is 0 Å². The van der Waals surface area contributed by atoms with Crippen molar-refractivity contribution in [2.24, 2.45) is 0 Å². The topological polar surface area (TPSA) is 129 Å². The van der Waals surface area contributed by atoms with Crippen LogP contribution in [0.1, 0.15) is 0 Å². The average Bonchev–Trinajstić information content (AvgIpc) is 2.84. The molecule has 0 saturated carbocycles. The first kappa shape index (κ1) is 18.8. The predicted octanol–water partition coefficient (Wildman–Crippen LogP) is 0.0730. The molecule has 2 N–H and O–H groups in total. The molecule has 2 atom stereocenters. The highest BCUT2D eigenvalue weighted by Gasteiger charge is 2.45. The number of nitrogens with zero attached hydrogens (tertiary/aromatic N) is 1. The van der Waals surface area contributed by atoms with Gasteiger partial charge in [-0.15, -0.1) is 0 Å². The largest absolute Gasteiger partial charge is 0.480 e. The van der Waals surface area contributed by atoms with Gasteiger partial charge in [0.05, 0.1) is 28.5 Å². The molecule has 1 saturated heterocycles. The third-order valence-corrected chi connectivity index (χ3v) is 7.85. The lowest BCUT2D eigenvalue weighted by Crippen LogP contribution is -2.48. The Hall–Kier alpha value is -2.01. The number of carboxylic acid groups (broad SMARTS) is 1. The van der Waals surface area contributed by atoms with Crippen LogP contribution in [0, 0.1) is 0 Å². The van der Waals surface area contributed by atoms with Crippen LogP contribution in [0.25, 0.3) is 10.8 Å². The zero-order chi connectivity index (χ0) is 19.1. The number of aliphatic hydroxyl groups excluding tert-OH is 1. The number of benzene rings is 2. The van der Waals surface area contributed by atoms with Crippen molar-refractivity contribution in [1.82, 2.24) is 4.31 Å². The second-order valence-electron chi connectivity index (χ2n) is 6.16. The maximum absolute atomic E-state index is 13.0. The van der Waals surface area contributed by atoms with Gasteiger partial charge in [0.2, 0.25) is 10.0 Å². The van der Waals surface area contributed by atoms with Gasteiger partial charge in [-0.05, 0) is 22.9 Å². The van der Waals surface area contributed by atoms with E-state index in [0.717, 1.165) is 5.39 Å². The Labute approximate surface area is 150 Å². The molecule has 1 aliphatic rings. The van der Waals surface area contributed by atoms with Crippen molar-refractivity contribution in [3.05, 3.63) is 42.5 Å². The molecule has 0 spiro atoms. The van der Waals surface area contributed by atoms with Gasteiger partial charge in [0.1, 0.15) is 6.54 Å². The Morgan fingerprint density at radius 1 is 1.12 bits per heavy atom. The Balaban J connectivity index is 2.07. The molecule has 1 fully saturated rings. The SMILES string of the molecule is O=C(O)CN([C@@H]1CS(=O)(=O)C[C@H]1O)S(=O)(=O)c1ccc2ccccc2c1. The van der Waals surface area contributed by atoms with Gasteiger partial charge < -0.3 is 10.2 Å². The molecule has 2 aromatic rings. The summed E-state index contributed by atoms with van der Waals surface area (Å²) < 4.78 is 50.1. The molecule has 26 heavy (non-hydrogen) atoms. The van der Waals surface area contributed by atoms with Crippen LogP contribution in [-0.4, -0.2) is 67.5 Å². The first-order valence-corrected chi connectivity index (χ1v) is 11.0. The minimum absolute atomic E-state index is 0.158. The van der Waals surface area contributed by atoms with E-state index in [1.807, 2.05) is 0 Å². The Kier molecular flexibility index (Phi) is 4.78. The molecule has 1 aliphatic heterocycles. The highest BCUT2D eigenvalue weighted by molar-refractivity contribution is 7.92. The molecule has 0 radical (unpaired) electrons. The minimum atomic E-state index is -4.33. The number of carbonyl (C=O) groups is 1. The predicted molar refractivity (Wildman–Crippen MR) is 93.9 cm³/mol. The van der Waals surface area contributed by atoms with E-state index in [0.29, 0.717) is 9.69 Å². The Bertz CT molecular complexity index is 1060. The first-order valence-electron chi connectivity index (χ1n) is 7.71. The van der Waals surface area contributed by atoms with Gasteiger partial charge in [-0.3, -0.25) is 4.79 Å². The molecule has 0 bridgehead atoms. The van der Waals surface area contributed by atoms with Gasteiger partial charge in [-0.2, -0.15) is 4.31 Å². The van der Waals surface area contributed by atoms with Crippen LogP contribution in [0.5, 0.6) is 0 Å². The van der Waals surface area contributed by atoms with Crippen molar-refractivity contribution < 1.29 is 31.8 Å². The number of carboxylic acids is 1. The van der Waals surface area contributed by atoms with Gasteiger partial charge in [0, 0.05) is 0 Å². The van der Waals surface area contributed by atoms with Crippen LogP contribution >= 0.6 is 0 Å². The summed E-state index contributed by atoms with van der Waals surface area (Å²) >= 11 is 0. The highest BCUT2D eigenvalue weighted by Crippen LogP contribution is 2.27. The fourth-order valence-electron chi connectivity index (χ4n) is 3.06. The normalized spacial score (nSPS) is 22.7. The van der Waals surface area contributed by atoms with E-state index >= 15 is 0 Å². The van der Waals surface area contributed by atoms with Gasteiger partial charge in [-0.1, -0.05) is 30.3 Å². The monoisotopic (exact) mass is 399 g/mol. The molecule has 0 aromatic heterocycles. The number of hydrogen-bond donors (Lipinski definition) is 2. The van der Waals surface area contributed by atoms with Crippen LogP contribution in [0.3, 0.4) is 0 Å². The zero-order valence-electron chi connectivity index (χ0n) is 13.5. The van der Waals surface area contributed by atoms with Crippen molar-refractivity contribution in [2.75, 3.05) is 18.1 Å². The Morgan fingerprint density at radius 2 is 1.77 bits per heavy atom. The Morgan fingerprint density at radius 3 is 2.35 bits per heavy atom. The molecule has 10 heteroatoms. The number of sulfone groups is 1. The second-order valence-corrected chi connectivity index (χ2v) is 10.2. The zero-order valence-corrected chi connectivity index (χ0v) is 15.1. The van der Waals surface area contributed by atoms with Crippen molar-refractivity contribution in [3.63, 3.8) is 0 Å². The van der Waals surface area contributed by atoms with Crippen LogP contribution in [0.2, 0.25) is 0 Å². The van der Waals surface area contributed by atoms with Gasteiger partial charge in [0.15, 0.2) is 9.84 Å². The number of rotatable bonds is 5. The van der Waals surface area contributed by atoms with E-state index in [1.54, 1.807) is 30.3 Å². The summed E-state index contributed by atoms with van der Waals surface area (Å²) in [5.74, 6) is -2.65. The maximum Gasteiger partial charge on any atom is 0.318 e. The number of aliphatic carboxylic acids is 1. The molecular weight excluding hydrogens is 382 g/mol. The summed E-state index contributed by atoms with van der Waals surface area (Å²) in [6, 6.07) is 10.0. The molecule has 0 unspecified atom stereocenters. The molecule has 140 valence electrons. The molecular formula is C16H17NO7S2. The van der Waals surface area contributed by atoms with E-state index in [4.69, 9.17) is 5.11 Å². The molecule has 8 nitrogen and oxygen atoms in total. The molecule has 0 amide bonds. The fraction of sp³-hybridized carbons (Fsp3) is 0.312. The smallest absolute Gasteiger partial charge is 0.318 e. The lowest BCUT2D eigenvalue weighted by atomic mass is 10.1. The maximum atomic E-state index is 13.0. The molecule has 3 rings (SSSR count). The fourth-order valence-corrected chi connectivity index (χ4v) is 6.60. The number of sulfonamides is 1. The number of fused-ring (bicyclic) bond motifs is 1. The van der Waals surface area contributed by atoms with Crippen LogP contribution < -0.4 is 0 Å². The van der Waals surface area contributed by atoms with Crippen LogP contribution in [-0.2, 0) is 24.7 Å². The second kappa shape index (κ2) is 6.62. The number of aliphatic hydroxyl groups is 1. The van der Waals surface area contributed by atoms with E-state index in [1.165, 1.54) is 12.1 Å². The van der Waals surface area contributed by atoms with Gasteiger partial charge in [0.25, 0.3) is 0 Å². The van der Waals surface area contributed by atoms with Crippen molar-refractivity contribution in [3.8, 4) is 0 Å². The van der Waals surface area contributed by atoms with Crippen LogP contribution in [0.15, 0.2) is 47.4 Å². The minimum Gasteiger partial charge on any atom is -0.480 e. The van der Waals surface area contributed by atoms with Crippen molar-refractivity contribution >= 4 is 36.6 Å². The highest BCUT2D eigenvalue weighted by atomic mass is 32.2. The van der Waals surface area contributed by atoms with E-state index in [9.17, 15) is 26.7 Å². The summed E-state index contributed by atoms with van der Waals surface area (Å²) in [5.41, 5.74) is 0. The quantitative estimate of drug-likeness (QED) is 0.728. The van der Waals surface area contributed by atoms with E-state index < -0.39 is 56.0 Å². The molecule has 1 heterocycles. The molecule has 0 aliphatic carbocycles. The standard InChI is InChI=1S/C16H17NO7S2/c18-15-10-25(21,22)9-14(15)17(8-16(19)20)26(23,24)13-6-5-11-3-1-2-4-12(11)7-13/h1-7,14-15,18H,8-10H2,(H,19,20)/t14-,15-/m1/s1. The average molecular weight is 399 g/mol. The lowest BCUT2D eigenvalue weighted by molar-refractivity contribution is -0.137. The number of hydrogen-bond acceptors (Lipinski definition) is 6. The third-order valence-electron chi connectivity index (χ3n) is 4.28. The van der Waals surface area contributed by atoms with E-state index in [2.05, 4.69) is 0 Å². The summed E-state index contributed by atoms with van der Waals surface area (Å²) in [6.07, 6.45) is -1.48. The molecule has 2 aromatic carbocycles. The third kappa shape index (κ3) is 3.58. The van der Waals surface area contributed by atoms with E-state index in [-0.39, 0.29) is 4.90 Å². The first-order chi connectivity index (χ1) is 12.1. The van der Waals surface area contributed by atoms with Gasteiger partial charge >= 0.3 is 5.97 Å². The summed E-state index contributed by atoms with van der Waals surface area (Å²) in [4.78, 5) is 11.0. The van der Waals surface area contributed by atoms with Gasteiger partial charge in [-0.25, -0.2) is 16.8 Å². The summed E-state index contributed by atoms with van der Waals surface area (Å²) in [7, 11) is -7.98. The van der Waals surface area contributed by atoms with Crippen molar-refractivity contribution in [2.45, 2.75) is 17.0 Å². The summed E-state index contributed by atoms with van der Waals surface area (Å²) in [6.45, 7) is -0.938. The lowest BCUT2D eigenvalue weighted by Gasteiger charge is -2.28. The summed E-state index contributed by atoms with van der Waals surface area (Å²) in [5, 5.41) is 20.6. The van der Waals surface area contributed by atoms with Crippen LogP contribution in [0.4, 0.5) is 0 Å².